The van der Waals surface area contributed by atoms with Crippen molar-refractivity contribution in [1.29, 1.82) is 0 Å². The molecule has 0 aliphatic carbocycles. The van der Waals surface area contributed by atoms with Crippen molar-refractivity contribution in [2.45, 2.75) is 57.4 Å². The van der Waals surface area contributed by atoms with Gasteiger partial charge >= 0.3 is 0 Å². The summed E-state index contributed by atoms with van der Waals surface area (Å²) < 4.78 is 0. The third-order valence-electron chi connectivity index (χ3n) is 1.53. The molecular weight excluding hydrogens is 200 g/mol. The summed E-state index contributed by atoms with van der Waals surface area (Å²) >= 11 is 0. The summed E-state index contributed by atoms with van der Waals surface area (Å²) in [6, 6.07) is 0. The molecule has 0 spiro atoms. The smallest absolute Gasteiger partial charge is 0.0591 e. The lowest BCUT2D eigenvalue weighted by molar-refractivity contribution is 0.199. The molecule has 2 N–H and O–H groups in total. The number of aliphatic hydroxyl groups excluding tert-OH is 2. The van der Waals surface area contributed by atoms with Gasteiger partial charge in [0.1, 0.15) is 0 Å². The van der Waals surface area contributed by atoms with Gasteiger partial charge in [-0.05, 0) is 27.7 Å². The van der Waals surface area contributed by atoms with Gasteiger partial charge in [-0.3, -0.25) is 0 Å². The van der Waals surface area contributed by atoms with Crippen LogP contribution < -0.4 is 0 Å². The summed E-state index contributed by atoms with van der Waals surface area (Å²) in [6.07, 6.45) is 0. The second kappa shape index (κ2) is 11.0. The van der Waals surface area contributed by atoms with Gasteiger partial charge in [-0.1, -0.05) is 41.5 Å². The molecule has 0 radical (unpaired) electrons. The van der Waals surface area contributed by atoms with Crippen molar-refractivity contribution in [3.8, 4) is 11.8 Å². The normalized spacial score (nSPS) is 9.12. The van der Waals surface area contributed by atoms with E-state index < -0.39 is 0 Å². The Morgan fingerprint density at radius 3 is 1.00 bits per heavy atom. The summed E-state index contributed by atoms with van der Waals surface area (Å²) in [4.78, 5) is 0. The van der Waals surface area contributed by atoms with E-state index in [9.17, 15) is 0 Å². The Morgan fingerprint density at radius 2 is 0.875 bits per heavy atom. The first kappa shape index (κ1) is 29.6. The molecule has 0 rings (SSSR count). The van der Waals surface area contributed by atoms with E-state index in [1.165, 1.54) is 0 Å². The van der Waals surface area contributed by atoms with Crippen LogP contribution in [0.15, 0.2) is 0 Å². The molecule has 0 bridgehead atoms. The summed E-state index contributed by atoms with van der Waals surface area (Å²) in [6.45, 7) is 7.56. The van der Waals surface area contributed by atoms with E-state index in [1.807, 2.05) is 27.7 Å². The zero-order valence-electron chi connectivity index (χ0n) is 8.31. The zero-order chi connectivity index (χ0) is 9.83. The van der Waals surface area contributed by atoms with Gasteiger partial charge in [0.2, 0.25) is 0 Å². The molecule has 2 heteroatoms. The van der Waals surface area contributed by atoms with Crippen molar-refractivity contribution in [1.82, 2.24) is 0 Å². The molecular formula is C14H34O2. The topological polar surface area (TPSA) is 40.5 Å². The van der Waals surface area contributed by atoms with Gasteiger partial charge in [-0.15, -0.1) is 0 Å². The van der Waals surface area contributed by atoms with Crippen LogP contribution in [0.2, 0.25) is 0 Å². The van der Waals surface area contributed by atoms with Gasteiger partial charge in [0.05, 0.1) is 13.2 Å². The SMILES string of the molecule is C.C.C.C.CC(C)(C#CC(C)(C)CO)CO. The third-order valence-corrected chi connectivity index (χ3v) is 1.53. The lowest BCUT2D eigenvalue weighted by atomic mass is 9.90. The minimum absolute atomic E-state index is 0. The minimum Gasteiger partial charge on any atom is -0.395 e. The Labute approximate surface area is 104 Å². The molecule has 2 nitrogen and oxygen atoms in total. The van der Waals surface area contributed by atoms with Gasteiger partial charge in [0.25, 0.3) is 0 Å². The molecule has 0 saturated carbocycles. The summed E-state index contributed by atoms with van der Waals surface area (Å²) in [7, 11) is 0. The van der Waals surface area contributed by atoms with Crippen LogP contribution in [0.5, 0.6) is 0 Å². The van der Waals surface area contributed by atoms with Crippen molar-refractivity contribution in [3.63, 3.8) is 0 Å². The molecule has 102 valence electrons. The molecule has 0 amide bonds. The van der Waals surface area contributed by atoms with Crippen LogP contribution in [0.25, 0.3) is 0 Å². The van der Waals surface area contributed by atoms with E-state index in [4.69, 9.17) is 10.2 Å². The van der Waals surface area contributed by atoms with Crippen molar-refractivity contribution >= 4 is 0 Å². The molecule has 0 aromatic heterocycles. The second-order valence-electron chi connectivity index (χ2n) is 4.33. The number of hydrogen-bond acceptors (Lipinski definition) is 2. The molecule has 0 saturated heterocycles. The third kappa shape index (κ3) is 13.5. The second-order valence-corrected chi connectivity index (χ2v) is 4.33. The molecule has 0 aliphatic heterocycles. The Balaban J connectivity index is -0.000000101. The van der Waals surface area contributed by atoms with E-state index in [0.29, 0.717) is 0 Å². The van der Waals surface area contributed by atoms with Crippen molar-refractivity contribution in [3.05, 3.63) is 0 Å². The number of rotatable bonds is 2. The standard InChI is InChI=1S/C10H18O2.4CH4/c1-9(2,7-11)5-6-10(3,4)8-12;;;;/h11-12H,7-8H2,1-4H3;4*1H4. The molecule has 16 heavy (non-hydrogen) atoms. The van der Waals surface area contributed by atoms with Crippen LogP contribution in [0.4, 0.5) is 0 Å². The Morgan fingerprint density at radius 1 is 0.688 bits per heavy atom. The highest BCUT2D eigenvalue weighted by atomic mass is 16.3. The maximum atomic E-state index is 8.90. The number of hydrogen-bond donors (Lipinski definition) is 2. The molecule has 0 aliphatic rings. The maximum absolute atomic E-state index is 8.90. The molecule has 0 fully saturated rings. The van der Waals surface area contributed by atoms with Gasteiger partial charge in [0, 0.05) is 10.8 Å². The van der Waals surface area contributed by atoms with Crippen molar-refractivity contribution in [2.75, 3.05) is 13.2 Å². The predicted molar refractivity (Wildman–Crippen MR) is 76.4 cm³/mol. The molecule has 0 aromatic carbocycles. The first-order valence-corrected chi connectivity index (χ1v) is 4.09. The molecule has 0 atom stereocenters. The predicted octanol–water partition coefficient (Wildman–Crippen LogP) is 3.57. The fourth-order valence-corrected chi connectivity index (χ4v) is 0.417. The fraction of sp³-hybridized carbons (Fsp3) is 0.857. The van der Waals surface area contributed by atoms with E-state index in [1.54, 1.807) is 0 Å². The van der Waals surface area contributed by atoms with Gasteiger partial charge in [-0.2, -0.15) is 0 Å². The van der Waals surface area contributed by atoms with E-state index >= 15 is 0 Å². The zero-order valence-corrected chi connectivity index (χ0v) is 8.31. The first-order valence-electron chi connectivity index (χ1n) is 4.09. The van der Waals surface area contributed by atoms with Gasteiger partial charge < -0.3 is 10.2 Å². The molecule has 0 aromatic rings. The van der Waals surface area contributed by atoms with Crippen LogP contribution in [0.3, 0.4) is 0 Å². The average Bonchev–Trinajstić information content (AvgIpc) is 2.02. The minimum atomic E-state index is -0.369. The Bertz CT molecular complexity index is 175. The Hall–Kier alpha value is -0.520. The lowest BCUT2D eigenvalue weighted by Gasteiger charge is -2.16. The van der Waals surface area contributed by atoms with Crippen LogP contribution in [-0.2, 0) is 0 Å². The van der Waals surface area contributed by atoms with Crippen LogP contribution in [-0.4, -0.2) is 23.4 Å². The summed E-state index contributed by atoms with van der Waals surface area (Å²) in [5, 5.41) is 17.8. The maximum Gasteiger partial charge on any atom is 0.0591 e. The number of aliphatic hydroxyl groups is 2. The van der Waals surface area contributed by atoms with E-state index in [2.05, 4.69) is 11.8 Å². The highest BCUT2D eigenvalue weighted by Crippen LogP contribution is 2.16. The lowest BCUT2D eigenvalue weighted by Crippen LogP contribution is -2.18. The van der Waals surface area contributed by atoms with Crippen LogP contribution in [0.1, 0.15) is 57.4 Å². The molecule has 0 heterocycles. The monoisotopic (exact) mass is 234 g/mol. The van der Waals surface area contributed by atoms with Gasteiger partial charge in [0.15, 0.2) is 0 Å². The fourth-order valence-electron chi connectivity index (χ4n) is 0.417. The van der Waals surface area contributed by atoms with Crippen molar-refractivity contribution in [2.24, 2.45) is 10.8 Å². The highest BCUT2D eigenvalue weighted by Gasteiger charge is 2.16. The summed E-state index contributed by atoms with van der Waals surface area (Å²) in [5.74, 6) is 5.88. The molecule has 0 unspecified atom stereocenters. The first-order chi connectivity index (χ1) is 5.33. The quantitative estimate of drug-likeness (QED) is 0.717. The van der Waals surface area contributed by atoms with E-state index in [-0.39, 0.29) is 53.8 Å². The van der Waals surface area contributed by atoms with Gasteiger partial charge in [-0.25, -0.2) is 0 Å². The van der Waals surface area contributed by atoms with Crippen molar-refractivity contribution < 1.29 is 10.2 Å². The highest BCUT2D eigenvalue weighted by molar-refractivity contribution is 5.14. The van der Waals surface area contributed by atoms with E-state index in [0.717, 1.165) is 0 Å². The summed E-state index contributed by atoms with van der Waals surface area (Å²) in [5.41, 5.74) is -0.737. The van der Waals surface area contributed by atoms with Crippen LogP contribution >= 0.6 is 0 Å². The Kier molecular flexibility index (Phi) is 20.3. The largest absolute Gasteiger partial charge is 0.395 e. The van der Waals surface area contributed by atoms with Crippen LogP contribution in [0, 0.1) is 22.7 Å². The average molecular weight is 234 g/mol.